The number of hydrogen-bond donors (Lipinski definition) is 2. The number of para-hydroxylation sites is 2. The van der Waals surface area contributed by atoms with Crippen LogP contribution in [0.5, 0.6) is 0 Å². The van der Waals surface area contributed by atoms with E-state index in [9.17, 15) is 4.79 Å². The normalized spacial score (nSPS) is 11.2. The molecule has 0 radical (unpaired) electrons. The van der Waals surface area contributed by atoms with Crippen molar-refractivity contribution in [3.05, 3.63) is 48.0 Å². The molecule has 0 aliphatic carbocycles. The molecule has 138 valence electrons. The molecular weight excluding hydrogens is 346 g/mol. The van der Waals surface area contributed by atoms with E-state index in [1.54, 1.807) is 12.1 Å². The standard InChI is InChI=1S/C19H19N5O3/c1-3-10-26-23-17(25)12-8-9-15-14(11-12)20-18(24(15)2)22-19-21-13-6-4-5-7-16(13)27-19/h4-9,11H,3,10H2,1-2H3,(H,23,25)(H,20,21,22). The Morgan fingerprint density at radius 2 is 2.04 bits per heavy atom. The topological polar surface area (TPSA) is 94.2 Å². The Balaban J connectivity index is 1.60. The Bertz CT molecular complexity index is 1080. The SMILES string of the molecule is CCCONC(=O)c1ccc2c(c1)nc(Nc1nc3ccccc3o1)n2C. The maximum atomic E-state index is 12.1. The monoisotopic (exact) mass is 365 g/mol. The molecule has 2 N–H and O–H groups in total. The summed E-state index contributed by atoms with van der Waals surface area (Å²) in [7, 11) is 1.88. The van der Waals surface area contributed by atoms with Gasteiger partial charge in [0.1, 0.15) is 5.52 Å². The molecule has 8 heteroatoms. The minimum absolute atomic E-state index is 0.301. The molecule has 8 nitrogen and oxygen atoms in total. The van der Waals surface area contributed by atoms with Crippen LogP contribution in [0.1, 0.15) is 23.7 Å². The van der Waals surface area contributed by atoms with Gasteiger partial charge in [-0.1, -0.05) is 19.1 Å². The van der Waals surface area contributed by atoms with Gasteiger partial charge in [-0.25, -0.2) is 10.5 Å². The van der Waals surface area contributed by atoms with Crippen LogP contribution < -0.4 is 10.8 Å². The molecule has 0 spiro atoms. The van der Waals surface area contributed by atoms with E-state index in [0.29, 0.717) is 35.2 Å². The second-order valence-electron chi connectivity index (χ2n) is 6.09. The Morgan fingerprint density at radius 1 is 1.19 bits per heavy atom. The molecule has 2 aromatic carbocycles. The van der Waals surface area contributed by atoms with Gasteiger partial charge in [-0.15, -0.1) is 0 Å². The summed E-state index contributed by atoms with van der Waals surface area (Å²) in [6, 6.07) is 13.2. The van der Waals surface area contributed by atoms with Gasteiger partial charge < -0.3 is 8.98 Å². The lowest BCUT2D eigenvalue weighted by atomic mass is 10.2. The second-order valence-corrected chi connectivity index (χ2v) is 6.09. The molecule has 0 bridgehead atoms. The van der Waals surface area contributed by atoms with Gasteiger partial charge in [0, 0.05) is 12.6 Å². The molecule has 27 heavy (non-hydrogen) atoms. The first kappa shape index (κ1) is 17.0. The predicted molar refractivity (Wildman–Crippen MR) is 102 cm³/mol. The average Bonchev–Trinajstić information content (AvgIpc) is 3.22. The number of aryl methyl sites for hydroxylation is 1. The zero-order valence-corrected chi connectivity index (χ0v) is 15.0. The number of aromatic nitrogens is 3. The molecule has 0 unspecified atom stereocenters. The van der Waals surface area contributed by atoms with Gasteiger partial charge in [-0.05, 0) is 36.8 Å². The van der Waals surface area contributed by atoms with E-state index in [2.05, 4.69) is 20.8 Å². The van der Waals surface area contributed by atoms with E-state index in [-0.39, 0.29) is 5.91 Å². The quantitative estimate of drug-likeness (QED) is 0.401. The highest BCUT2D eigenvalue weighted by Crippen LogP contribution is 2.24. The van der Waals surface area contributed by atoms with E-state index >= 15 is 0 Å². The molecular formula is C19H19N5O3. The van der Waals surface area contributed by atoms with Gasteiger partial charge in [-0.2, -0.15) is 4.98 Å². The fraction of sp³-hybridized carbons (Fsp3) is 0.211. The number of nitrogens with zero attached hydrogens (tertiary/aromatic N) is 3. The summed E-state index contributed by atoms with van der Waals surface area (Å²) in [5.74, 6) is 0.265. The molecule has 0 aliphatic heterocycles. The highest BCUT2D eigenvalue weighted by molar-refractivity contribution is 5.97. The molecule has 0 fully saturated rings. The van der Waals surface area contributed by atoms with Crippen LogP contribution in [0.3, 0.4) is 0 Å². The first-order valence-corrected chi connectivity index (χ1v) is 8.67. The summed E-state index contributed by atoms with van der Waals surface area (Å²) >= 11 is 0. The van der Waals surface area contributed by atoms with Gasteiger partial charge in [0.15, 0.2) is 5.58 Å². The Kier molecular flexibility index (Phi) is 4.47. The molecule has 4 rings (SSSR count). The van der Waals surface area contributed by atoms with Crippen molar-refractivity contribution in [2.75, 3.05) is 11.9 Å². The first-order valence-electron chi connectivity index (χ1n) is 8.67. The van der Waals surface area contributed by atoms with Crippen molar-refractivity contribution in [1.29, 1.82) is 0 Å². The van der Waals surface area contributed by atoms with Crippen LogP contribution >= 0.6 is 0 Å². The van der Waals surface area contributed by atoms with E-state index in [1.165, 1.54) is 0 Å². The number of carbonyl (C=O) groups is 1. The number of rotatable bonds is 6. The molecule has 0 atom stereocenters. The van der Waals surface area contributed by atoms with Crippen molar-refractivity contribution in [2.24, 2.45) is 7.05 Å². The summed E-state index contributed by atoms with van der Waals surface area (Å²) < 4.78 is 7.56. The van der Waals surface area contributed by atoms with Gasteiger partial charge in [0.2, 0.25) is 5.95 Å². The van der Waals surface area contributed by atoms with Crippen molar-refractivity contribution >= 4 is 40.0 Å². The van der Waals surface area contributed by atoms with Gasteiger partial charge in [0.25, 0.3) is 5.91 Å². The Hall–Kier alpha value is -3.39. The smallest absolute Gasteiger partial charge is 0.302 e. The molecule has 0 aliphatic rings. The number of anilines is 2. The zero-order valence-electron chi connectivity index (χ0n) is 15.0. The minimum Gasteiger partial charge on any atom is -0.423 e. The number of amides is 1. The van der Waals surface area contributed by atoms with Crippen molar-refractivity contribution in [2.45, 2.75) is 13.3 Å². The molecule has 2 aromatic heterocycles. The second kappa shape index (κ2) is 7.08. The maximum absolute atomic E-state index is 12.1. The summed E-state index contributed by atoms with van der Waals surface area (Å²) in [4.78, 5) is 26.2. The third-order valence-electron chi connectivity index (χ3n) is 4.13. The van der Waals surface area contributed by atoms with Crippen molar-refractivity contribution in [1.82, 2.24) is 20.0 Å². The Labute approximate surface area is 155 Å². The number of nitrogens with one attached hydrogen (secondary N) is 2. The molecule has 2 heterocycles. The number of imidazole rings is 1. The molecule has 1 amide bonds. The van der Waals surface area contributed by atoms with Crippen LogP contribution in [0.2, 0.25) is 0 Å². The number of oxazole rings is 1. The third kappa shape index (κ3) is 3.34. The molecule has 4 aromatic rings. The maximum Gasteiger partial charge on any atom is 0.302 e. The van der Waals surface area contributed by atoms with Crippen molar-refractivity contribution in [3.8, 4) is 0 Å². The predicted octanol–water partition coefficient (Wildman–Crippen LogP) is 3.53. The van der Waals surface area contributed by atoms with Crippen LogP contribution in [0.25, 0.3) is 22.1 Å². The van der Waals surface area contributed by atoms with E-state index in [4.69, 9.17) is 9.25 Å². The largest absolute Gasteiger partial charge is 0.423 e. The highest BCUT2D eigenvalue weighted by Gasteiger charge is 2.14. The van der Waals surface area contributed by atoms with Crippen molar-refractivity contribution < 1.29 is 14.0 Å². The van der Waals surface area contributed by atoms with E-state index < -0.39 is 0 Å². The van der Waals surface area contributed by atoms with Crippen LogP contribution in [0.15, 0.2) is 46.9 Å². The lowest BCUT2D eigenvalue weighted by Gasteiger charge is -2.04. The van der Waals surface area contributed by atoms with Crippen LogP contribution in [0, 0.1) is 0 Å². The number of carbonyl (C=O) groups excluding carboxylic acids is 1. The lowest BCUT2D eigenvalue weighted by molar-refractivity contribution is 0.0315. The number of hydrogen-bond acceptors (Lipinski definition) is 6. The minimum atomic E-state index is -0.301. The summed E-state index contributed by atoms with van der Waals surface area (Å²) in [6.45, 7) is 2.44. The van der Waals surface area contributed by atoms with Crippen molar-refractivity contribution in [3.63, 3.8) is 0 Å². The Morgan fingerprint density at radius 3 is 2.85 bits per heavy atom. The van der Waals surface area contributed by atoms with Gasteiger partial charge >= 0.3 is 6.01 Å². The van der Waals surface area contributed by atoms with Gasteiger partial charge in [-0.3, -0.25) is 14.9 Å². The zero-order chi connectivity index (χ0) is 18.8. The summed E-state index contributed by atoms with van der Waals surface area (Å²) in [5.41, 5.74) is 5.93. The lowest BCUT2D eigenvalue weighted by Crippen LogP contribution is -2.23. The van der Waals surface area contributed by atoms with Crippen LogP contribution in [-0.2, 0) is 11.9 Å². The number of fused-ring (bicyclic) bond motifs is 2. The number of benzene rings is 2. The first-order chi connectivity index (χ1) is 13.2. The molecule has 0 saturated carbocycles. The molecule has 0 saturated heterocycles. The summed E-state index contributed by atoms with van der Waals surface area (Å²) in [5, 5.41) is 3.09. The third-order valence-corrected chi connectivity index (χ3v) is 4.13. The van der Waals surface area contributed by atoms with Gasteiger partial charge in [0.05, 0.1) is 17.6 Å². The fourth-order valence-corrected chi connectivity index (χ4v) is 2.75. The van der Waals surface area contributed by atoms with Crippen LogP contribution in [-0.4, -0.2) is 27.0 Å². The summed E-state index contributed by atoms with van der Waals surface area (Å²) in [6.07, 6.45) is 0.824. The van der Waals surface area contributed by atoms with E-state index in [0.717, 1.165) is 17.5 Å². The highest BCUT2D eigenvalue weighted by atomic mass is 16.6. The number of hydroxylamine groups is 1. The van der Waals surface area contributed by atoms with E-state index in [1.807, 2.05) is 48.9 Å². The average molecular weight is 365 g/mol. The fourth-order valence-electron chi connectivity index (χ4n) is 2.75. The van der Waals surface area contributed by atoms with Crippen LogP contribution in [0.4, 0.5) is 12.0 Å².